The van der Waals surface area contributed by atoms with Crippen LogP contribution in [0.3, 0.4) is 0 Å². The molecule has 3 rings (SSSR count). The SMILES string of the molecule is Cc1scc2c1C(=O)N(C1CC1)C2=O. The normalized spacial score (nSPS) is 20.5. The van der Waals surface area contributed by atoms with Crippen LogP contribution in [0.15, 0.2) is 5.38 Å². The number of nitrogens with zero attached hydrogens (tertiary/aromatic N) is 1. The molecular formula is C10H9NO2S. The first kappa shape index (κ1) is 8.17. The number of rotatable bonds is 1. The average molecular weight is 207 g/mol. The van der Waals surface area contributed by atoms with Crippen LogP contribution in [0, 0.1) is 6.92 Å². The Hall–Kier alpha value is -1.16. The molecule has 1 saturated carbocycles. The maximum absolute atomic E-state index is 11.9. The summed E-state index contributed by atoms with van der Waals surface area (Å²) in [5.41, 5.74) is 1.26. The molecule has 1 aromatic heterocycles. The van der Waals surface area contributed by atoms with Gasteiger partial charge < -0.3 is 0 Å². The minimum absolute atomic E-state index is 0.0775. The van der Waals surface area contributed by atoms with Crippen molar-refractivity contribution < 1.29 is 9.59 Å². The summed E-state index contributed by atoms with van der Waals surface area (Å²) >= 11 is 1.48. The molecule has 0 atom stereocenters. The van der Waals surface area contributed by atoms with Crippen LogP contribution in [0.25, 0.3) is 0 Å². The van der Waals surface area contributed by atoms with Crippen molar-refractivity contribution in [2.45, 2.75) is 25.8 Å². The lowest BCUT2D eigenvalue weighted by Gasteiger charge is -2.11. The van der Waals surface area contributed by atoms with E-state index in [0.29, 0.717) is 11.1 Å². The van der Waals surface area contributed by atoms with Gasteiger partial charge >= 0.3 is 0 Å². The van der Waals surface area contributed by atoms with Gasteiger partial charge in [-0.3, -0.25) is 14.5 Å². The van der Waals surface area contributed by atoms with Gasteiger partial charge in [-0.25, -0.2) is 0 Å². The Bertz CT molecular complexity index is 445. The summed E-state index contributed by atoms with van der Waals surface area (Å²) in [6.07, 6.45) is 1.95. The van der Waals surface area contributed by atoms with E-state index in [9.17, 15) is 9.59 Å². The molecule has 2 heterocycles. The Balaban J connectivity index is 2.13. The molecule has 1 fully saturated rings. The first-order valence-corrected chi connectivity index (χ1v) is 5.54. The van der Waals surface area contributed by atoms with E-state index in [1.807, 2.05) is 6.92 Å². The Kier molecular flexibility index (Phi) is 1.43. The van der Waals surface area contributed by atoms with Crippen LogP contribution in [0.5, 0.6) is 0 Å². The molecule has 1 aromatic rings. The largest absolute Gasteiger partial charge is 0.271 e. The highest BCUT2D eigenvalue weighted by atomic mass is 32.1. The number of imide groups is 1. The molecular weight excluding hydrogens is 198 g/mol. The number of carbonyl (C=O) groups is 2. The minimum Gasteiger partial charge on any atom is -0.271 e. The van der Waals surface area contributed by atoms with Gasteiger partial charge in [-0.1, -0.05) is 0 Å². The standard InChI is InChI=1S/C10H9NO2S/c1-5-8-7(4-14-5)9(12)11(10(8)13)6-2-3-6/h4,6H,2-3H2,1H3. The lowest BCUT2D eigenvalue weighted by molar-refractivity contribution is 0.0642. The number of hydrogen-bond donors (Lipinski definition) is 0. The van der Waals surface area contributed by atoms with Crippen molar-refractivity contribution in [3.05, 3.63) is 21.4 Å². The summed E-state index contributed by atoms with van der Waals surface area (Å²) in [5.74, 6) is -0.164. The summed E-state index contributed by atoms with van der Waals surface area (Å²) in [6.45, 7) is 1.89. The van der Waals surface area contributed by atoms with Crippen LogP contribution in [0.2, 0.25) is 0 Å². The fourth-order valence-electron chi connectivity index (χ4n) is 1.88. The van der Waals surface area contributed by atoms with E-state index in [0.717, 1.165) is 17.7 Å². The second-order valence-electron chi connectivity index (χ2n) is 3.79. The van der Waals surface area contributed by atoms with Crippen molar-refractivity contribution in [3.8, 4) is 0 Å². The van der Waals surface area contributed by atoms with Crippen molar-refractivity contribution in [2.24, 2.45) is 0 Å². The van der Waals surface area contributed by atoms with Gasteiger partial charge in [-0.2, -0.15) is 0 Å². The maximum Gasteiger partial charge on any atom is 0.262 e. The summed E-state index contributed by atoms with van der Waals surface area (Å²) < 4.78 is 0. The smallest absolute Gasteiger partial charge is 0.262 e. The predicted molar refractivity (Wildman–Crippen MR) is 52.6 cm³/mol. The maximum atomic E-state index is 11.9. The minimum atomic E-state index is -0.0862. The molecule has 4 heteroatoms. The number of thiophene rings is 1. The molecule has 0 bridgehead atoms. The van der Waals surface area contributed by atoms with E-state index in [2.05, 4.69) is 0 Å². The molecule has 0 radical (unpaired) electrons. The molecule has 0 unspecified atom stereocenters. The quantitative estimate of drug-likeness (QED) is 0.659. The van der Waals surface area contributed by atoms with E-state index in [4.69, 9.17) is 0 Å². The summed E-state index contributed by atoms with van der Waals surface area (Å²) in [7, 11) is 0. The molecule has 3 nitrogen and oxygen atoms in total. The van der Waals surface area contributed by atoms with Crippen molar-refractivity contribution in [1.82, 2.24) is 4.90 Å². The Morgan fingerprint density at radius 3 is 2.64 bits per heavy atom. The van der Waals surface area contributed by atoms with Gasteiger partial charge in [0.1, 0.15) is 0 Å². The molecule has 1 aliphatic carbocycles. The third-order valence-electron chi connectivity index (χ3n) is 2.77. The van der Waals surface area contributed by atoms with Crippen molar-refractivity contribution in [3.63, 3.8) is 0 Å². The fourth-order valence-corrected chi connectivity index (χ4v) is 2.71. The van der Waals surface area contributed by atoms with Gasteiger partial charge in [0.2, 0.25) is 0 Å². The molecule has 0 N–H and O–H groups in total. The van der Waals surface area contributed by atoms with Gasteiger partial charge in [-0.05, 0) is 19.8 Å². The van der Waals surface area contributed by atoms with E-state index < -0.39 is 0 Å². The first-order chi connectivity index (χ1) is 6.70. The lowest BCUT2D eigenvalue weighted by atomic mass is 10.2. The molecule has 14 heavy (non-hydrogen) atoms. The van der Waals surface area contributed by atoms with Gasteiger partial charge in [0.05, 0.1) is 11.1 Å². The van der Waals surface area contributed by atoms with E-state index in [1.54, 1.807) is 5.38 Å². The third kappa shape index (κ3) is 0.865. The second kappa shape index (κ2) is 2.45. The first-order valence-electron chi connectivity index (χ1n) is 4.66. The third-order valence-corrected chi connectivity index (χ3v) is 3.68. The predicted octanol–water partition coefficient (Wildman–Crippen LogP) is 1.81. The molecule has 2 amide bonds. The summed E-state index contributed by atoms with van der Waals surface area (Å²) in [4.78, 5) is 26.1. The second-order valence-corrected chi connectivity index (χ2v) is 4.88. The van der Waals surface area contributed by atoms with Gasteiger partial charge in [0, 0.05) is 16.3 Å². The van der Waals surface area contributed by atoms with Crippen LogP contribution in [0.1, 0.15) is 38.4 Å². The molecule has 0 aromatic carbocycles. The lowest BCUT2D eigenvalue weighted by Crippen LogP contribution is -2.32. The van der Waals surface area contributed by atoms with Gasteiger partial charge in [0.15, 0.2) is 0 Å². The molecule has 0 spiro atoms. The number of hydrogen-bond acceptors (Lipinski definition) is 3. The van der Waals surface area contributed by atoms with E-state index in [1.165, 1.54) is 16.2 Å². The van der Waals surface area contributed by atoms with Crippen molar-refractivity contribution >= 4 is 23.2 Å². The van der Waals surface area contributed by atoms with Crippen LogP contribution in [0.4, 0.5) is 0 Å². The van der Waals surface area contributed by atoms with E-state index >= 15 is 0 Å². The topological polar surface area (TPSA) is 37.4 Å². The van der Waals surface area contributed by atoms with Crippen molar-refractivity contribution in [2.75, 3.05) is 0 Å². The number of carbonyl (C=O) groups excluding carboxylic acids is 2. The summed E-state index contributed by atoms with van der Waals surface area (Å²) in [5, 5.41) is 1.80. The Morgan fingerprint density at radius 2 is 2.07 bits per heavy atom. The Morgan fingerprint density at radius 1 is 1.36 bits per heavy atom. The molecule has 0 saturated heterocycles. The number of amides is 2. The van der Waals surface area contributed by atoms with Crippen LogP contribution < -0.4 is 0 Å². The van der Waals surface area contributed by atoms with Crippen molar-refractivity contribution in [1.29, 1.82) is 0 Å². The molecule has 1 aliphatic heterocycles. The average Bonchev–Trinajstić information content (AvgIpc) is 2.84. The zero-order chi connectivity index (χ0) is 9.87. The van der Waals surface area contributed by atoms with Gasteiger partial charge in [0.25, 0.3) is 11.8 Å². The molecule has 72 valence electrons. The zero-order valence-corrected chi connectivity index (χ0v) is 8.56. The highest BCUT2D eigenvalue weighted by molar-refractivity contribution is 7.10. The zero-order valence-electron chi connectivity index (χ0n) is 7.74. The highest BCUT2D eigenvalue weighted by Crippen LogP contribution is 2.37. The number of fused-ring (bicyclic) bond motifs is 1. The van der Waals surface area contributed by atoms with Crippen LogP contribution in [-0.4, -0.2) is 22.8 Å². The molecule has 2 aliphatic rings. The Labute approximate surface area is 85.3 Å². The monoisotopic (exact) mass is 207 g/mol. The number of aryl methyl sites for hydroxylation is 1. The summed E-state index contributed by atoms with van der Waals surface area (Å²) in [6, 6.07) is 0.187. The van der Waals surface area contributed by atoms with Gasteiger partial charge in [-0.15, -0.1) is 11.3 Å². The van der Waals surface area contributed by atoms with Crippen LogP contribution >= 0.6 is 11.3 Å². The van der Waals surface area contributed by atoms with E-state index in [-0.39, 0.29) is 17.9 Å². The van der Waals surface area contributed by atoms with Crippen LogP contribution in [-0.2, 0) is 0 Å². The highest BCUT2D eigenvalue weighted by Gasteiger charge is 2.45. The fraction of sp³-hybridized carbons (Fsp3) is 0.400.